The largest absolute Gasteiger partial charge is 0.316 e. The summed E-state index contributed by atoms with van der Waals surface area (Å²) in [4.78, 5) is 0. The maximum atomic E-state index is 3.57. The lowest BCUT2D eigenvalue weighted by molar-refractivity contribution is 1.04. The highest BCUT2D eigenvalue weighted by atomic mass is 79.9. The van der Waals surface area contributed by atoms with Crippen LogP contribution < -0.4 is 0 Å². The number of benzene rings is 2. The molecule has 3 aromatic rings. The van der Waals surface area contributed by atoms with E-state index in [2.05, 4.69) is 93.5 Å². The SMILES string of the molecule is Brc1cccc(-n2cc(C3=CCCC=C3)c3ccccc32)c1. The van der Waals surface area contributed by atoms with Gasteiger partial charge in [-0.2, -0.15) is 0 Å². The standard InChI is InChI=1S/C20H16BrN/c21-16-9-6-10-17(13-16)22-14-19(15-7-2-1-3-8-15)18-11-4-5-12-20(18)22/h2,4-14H,1,3H2. The van der Waals surface area contributed by atoms with Crippen molar-refractivity contribution in [3.63, 3.8) is 0 Å². The van der Waals surface area contributed by atoms with Gasteiger partial charge in [0.1, 0.15) is 0 Å². The molecule has 1 nitrogen and oxygen atoms in total. The second kappa shape index (κ2) is 5.62. The van der Waals surface area contributed by atoms with Crippen LogP contribution in [0.25, 0.3) is 22.2 Å². The molecule has 0 saturated carbocycles. The van der Waals surface area contributed by atoms with Gasteiger partial charge >= 0.3 is 0 Å². The van der Waals surface area contributed by atoms with Gasteiger partial charge in [-0.25, -0.2) is 0 Å². The van der Waals surface area contributed by atoms with Crippen LogP contribution in [0.4, 0.5) is 0 Å². The van der Waals surface area contributed by atoms with Crippen molar-refractivity contribution in [2.24, 2.45) is 0 Å². The first-order valence-electron chi connectivity index (χ1n) is 7.56. The second-order valence-electron chi connectivity index (χ2n) is 5.55. The summed E-state index contributed by atoms with van der Waals surface area (Å²) in [6.45, 7) is 0. The molecule has 2 heteroatoms. The first kappa shape index (κ1) is 13.6. The summed E-state index contributed by atoms with van der Waals surface area (Å²) >= 11 is 3.57. The van der Waals surface area contributed by atoms with Crippen LogP contribution in [0.3, 0.4) is 0 Å². The van der Waals surface area contributed by atoms with Gasteiger partial charge in [-0.1, -0.05) is 58.4 Å². The van der Waals surface area contributed by atoms with Crippen LogP contribution in [0.15, 0.2) is 77.4 Å². The molecule has 0 fully saturated rings. The number of para-hydroxylation sites is 1. The Kier molecular flexibility index (Phi) is 3.47. The third-order valence-corrected chi connectivity index (χ3v) is 4.60. The van der Waals surface area contributed by atoms with Gasteiger partial charge in [-0.05, 0) is 42.7 Å². The number of hydrogen-bond donors (Lipinski definition) is 0. The predicted molar refractivity (Wildman–Crippen MR) is 97.3 cm³/mol. The van der Waals surface area contributed by atoms with Crippen LogP contribution in [0.1, 0.15) is 18.4 Å². The fraction of sp³-hybridized carbons (Fsp3) is 0.100. The molecule has 22 heavy (non-hydrogen) atoms. The molecule has 4 rings (SSSR count). The molecule has 0 radical (unpaired) electrons. The third kappa shape index (κ3) is 2.34. The number of halogens is 1. The predicted octanol–water partition coefficient (Wildman–Crippen LogP) is 6.13. The van der Waals surface area contributed by atoms with E-state index in [1.807, 2.05) is 0 Å². The number of rotatable bonds is 2. The molecule has 0 unspecified atom stereocenters. The summed E-state index contributed by atoms with van der Waals surface area (Å²) in [5.41, 5.74) is 5.07. The van der Waals surface area contributed by atoms with Gasteiger partial charge in [0.2, 0.25) is 0 Å². The van der Waals surface area contributed by atoms with E-state index in [9.17, 15) is 0 Å². The molecule has 0 bridgehead atoms. The molecule has 0 atom stereocenters. The van der Waals surface area contributed by atoms with E-state index < -0.39 is 0 Å². The number of allylic oxidation sites excluding steroid dienone is 4. The summed E-state index contributed by atoms with van der Waals surface area (Å²) in [7, 11) is 0. The molecule has 0 amide bonds. The normalized spacial score (nSPS) is 14.3. The van der Waals surface area contributed by atoms with Gasteiger partial charge in [-0.3, -0.25) is 0 Å². The van der Waals surface area contributed by atoms with Crippen molar-refractivity contribution in [3.05, 3.63) is 83.0 Å². The third-order valence-electron chi connectivity index (χ3n) is 4.10. The molecule has 2 aromatic carbocycles. The number of hydrogen-bond acceptors (Lipinski definition) is 0. The lowest BCUT2D eigenvalue weighted by Gasteiger charge is -2.06. The van der Waals surface area contributed by atoms with Gasteiger partial charge in [-0.15, -0.1) is 0 Å². The monoisotopic (exact) mass is 349 g/mol. The highest BCUT2D eigenvalue weighted by molar-refractivity contribution is 9.10. The molecule has 0 spiro atoms. The average molecular weight is 350 g/mol. The molecule has 1 aromatic heterocycles. The quantitative estimate of drug-likeness (QED) is 0.524. The lowest BCUT2D eigenvalue weighted by atomic mass is 9.99. The summed E-state index contributed by atoms with van der Waals surface area (Å²) < 4.78 is 3.37. The molecular formula is C20H16BrN. The zero-order valence-electron chi connectivity index (χ0n) is 12.2. The smallest absolute Gasteiger partial charge is 0.0534 e. The van der Waals surface area contributed by atoms with Gasteiger partial charge in [0, 0.05) is 27.3 Å². The minimum Gasteiger partial charge on any atom is -0.316 e. The van der Waals surface area contributed by atoms with Gasteiger partial charge in [0.15, 0.2) is 0 Å². The summed E-state index contributed by atoms with van der Waals surface area (Å²) in [5, 5.41) is 1.31. The number of aromatic nitrogens is 1. The molecule has 0 N–H and O–H groups in total. The van der Waals surface area contributed by atoms with Gasteiger partial charge < -0.3 is 4.57 Å². The highest BCUT2D eigenvalue weighted by Gasteiger charge is 2.12. The second-order valence-corrected chi connectivity index (χ2v) is 6.46. The maximum Gasteiger partial charge on any atom is 0.0534 e. The molecule has 1 heterocycles. The zero-order valence-corrected chi connectivity index (χ0v) is 13.8. The molecule has 1 aliphatic carbocycles. The van der Waals surface area contributed by atoms with Crippen LogP contribution in [0, 0.1) is 0 Å². The summed E-state index contributed by atoms with van der Waals surface area (Å²) in [6, 6.07) is 17.1. The Bertz CT molecular complexity index is 899. The summed E-state index contributed by atoms with van der Waals surface area (Å²) in [5.74, 6) is 0. The minimum atomic E-state index is 1.10. The van der Waals surface area contributed by atoms with Crippen molar-refractivity contribution in [2.45, 2.75) is 12.8 Å². The van der Waals surface area contributed by atoms with Crippen molar-refractivity contribution in [1.82, 2.24) is 4.57 Å². The fourth-order valence-corrected chi connectivity index (χ4v) is 3.45. The Morgan fingerprint density at radius 2 is 1.86 bits per heavy atom. The minimum absolute atomic E-state index is 1.10. The number of fused-ring (bicyclic) bond motifs is 1. The van der Waals surface area contributed by atoms with Crippen molar-refractivity contribution in [1.29, 1.82) is 0 Å². The van der Waals surface area contributed by atoms with Gasteiger partial charge in [0.25, 0.3) is 0 Å². The van der Waals surface area contributed by atoms with Crippen molar-refractivity contribution in [3.8, 4) is 5.69 Å². The lowest BCUT2D eigenvalue weighted by Crippen LogP contribution is -1.91. The summed E-state index contributed by atoms with van der Waals surface area (Å²) in [6.07, 6.45) is 11.4. The van der Waals surface area contributed by atoms with Gasteiger partial charge in [0.05, 0.1) is 5.52 Å². The highest BCUT2D eigenvalue weighted by Crippen LogP contribution is 2.32. The zero-order chi connectivity index (χ0) is 14.9. The molecule has 0 saturated heterocycles. The Morgan fingerprint density at radius 1 is 0.955 bits per heavy atom. The molecule has 108 valence electrons. The Morgan fingerprint density at radius 3 is 2.68 bits per heavy atom. The maximum absolute atomic E-state index is 3.57. The topological polar surface area (TPSA) is 4.93 Å². The van der Waals surface area contributed by atoms with E-state index in [4.69, 9.17) is 0 Å². The Hall–Kier alpha value is -2.06. The Labute approximate surface area is 138 Å². The number of nitrogens with zero attached hydrogens (tertiary/aromatic N) is 1. The first-order chi connectivity index (χ1) is 10.8. The van der Waals surface area contributed by atoms with Crippen LogP contribution >= 0.6 is 15.9 Å². The van der Waals surface area contributed by atoms with E-state index in [1.165, 1.54) is 27.7 Å². The van der Waals surface area contributed by atoms with E-state index in [0.29, 0.717) is 0 Å². The first-order valence-corrected chi connectivity index (χ1v) is 8.35. The van der Waals surface area contributed by atoms with Crippen LogP contribution in [-0.4, -0.2) is 4.57 Å². The van der Waals surface area contributed by atoms with E-state index in [1.54, 1.807) is 0 Å². The van der Waals surface area contributed by atoms with Crippen LogP contribution in [0.5, 0.6) is 0 Å². The Balaban J connectivity index is 1.97. The van der Waals surface area contributed by atoms with E-state index >= 15 is 0 Å². The van der Waals surface area contributed by atoms with Crippen molar-refractivity contribution >= 4 is 32.4 Å². The molecule has 1 aliphatic rings. The van der Waals surface area contributed by atoms with E-state index in [0.717, 1.165) is 17.3 Å². The fourth-order valence-electron chi connectivity index (χ4n) is 3.06. The van der Waals surface area contributed by atoms with Crippen molar-refractivity contribution < 1.29 is 0 Å². The van der Waals surface area contributed by atoms with Crippen LogP contribution in [0.2, 0.25) is 0 Å². The molecule has 0 aliphatic heterocycles. The van der Waals surface area contributed by atoms with E-state index in [-0.39, 0.29) is 0 Å². The molecular weight excluding hydrogens is 334 g/mol. The van der Waals surface area contributed by atoms with Crippen LogP contribution in [-0.2, 0) is 0 Å². The van der Waals surface area contributed by atoms with Crippen molar-refractivity contribution in [2.75, 3.05) is 0 Å². The average Bonchev–Trinajstić information content (AvgIpc) is 2.95.